The van der Waals surface area contributed by atoms with Crippen molar-refractivity contribution in [1.29, 1.82) is 0 Å². The summed E-state index contributed by atoms with van der Waals surface area (Å²) in [4.78, 5) is 40.9. The summed E-state index contributed by atoms with van der Waals surface area (Å²) in [7, 11) is 0. The predicted octanol–water partition coefficient (Wildman–Crippen LogP) is 1.75. The molecular formula is C15H21N3O4S. The lowest BCUT2D eigenvalue weighted by molar-refractivity contribution is -0.151. The largest absolute Gasteiger partial charge is 0.480 e. The van der Waals surface area contributed by atoms with E-state index >= 15 is 0 Å². The van der Waals surface area contributed by atoms with E-state index in [0.717, 1.165) is 12.8 Å². The average molecular weight is 339 g/mol. The van der Waals surface area contributed by atoms with E-state index in [1.165, 1.54) is 16.2 Å². The topological polar surface area (TPSA) is 99.6 Å². The van der Waals surface area contributed by atoms with Crippen LogP contribution in [0.2, 0.25) is 0 Å². The summed E-state index contributed by atoms with van der Waals surface area (Å²) in [6.07, 6.45) is 2.19. The Labute approximate surface area is 138 Å². The Morgan fingerprint density at radius 2 is 2.17 bits per heavy atom. The summed E-state index contributed by atoms with van der Waals surface area (Å²) in [5.41, 5.74) is 0.550. The molecule has 1 aromatic heterocycles. The van der Waals surface area contributed by atoms with Gasteiger partial charge in [-0.2, -0.15) is 0 Å². The van der Waals surface area contributed by atoms with E-state index in [4.69, 9.17) is 0 Å². The zero-order valence-corrected chi connectivity index (χ0v) is 14.1. The molecule has 1 aliphatic heterocycles. The maximum atomic E-state index is 12.4. The minimum Gasteiger partial charge on any atom is -0.480 e. The first-order valence-electron chi connectivity index (χ1n) is 7.66. The fourth-order valence-corrected chi connectivity index (χ4v) is 3.15. The van der Waals surface area contributed by atoms with Crippen molar-refractivity contribution >= 4 is 34.3 Å². The van der Waals surface area contributed by atoms with E-state index in [1.807, 2.05) is 0 Å². The molecule has 1 aromatic rings. The molecule has 0 aromatic carbocycles. The van der Waals surface area contributed by atoms with Crippen molar-refractivity contribution in [2.24, 2.45) is 5.92 Å². The smallest absolute Gasteiger partial charge is 0.326 e. The van der Waals surface area contributed by atoms with Gasteiger partial charge in [-0.3, -0.25) is 9.59 Å². The van der Waals surface area contributed by atoms with Gasteiger partial charge < -0.3 is 15.3 Å². The number of amides is 2. The van der Waals surface area contributed by atoms with Crippen LogP contribution in [0.1, 0.15) is 38.8 Å². The third-order valence-electron chi connectivity index (χ3n) is 3.75. The third kappa shape index (κ3) is 4.51. The number of rotatable bonds is 5. The highest BCUT2D eigenvalue weighted by Gasteiger charge is 2.32. The Balaban J connectivity index is 1.98. The molecule has 2 amide bonds. The average Bonchev–Trinajstić information content (AvgIpc) is 2.94. The second kappa shape index (κ2) is 7.54. The second-order valence-electron chi connectivity index (χ2n) is 5.90. The van der Waals surface area contributed by atoms with Gasteiger partial charge in [0.2, 0.25) is 11.8 Å². The van der Waals surface area contributed by atoms with E-state index in [0.29, 0.717) is 23.8 Å². The van der Waals surface area contributed by atoms with Gasteiger partial charge in [-0.25, -0.2) is 9.78 Å². The summed E-state index contributed by atoms with van der Waals surface area (Å²) in [6.45, 7) is 4.04. The molecule has 1 unspecified atom stereocenters. The Hall–Kier alpha value is -1.96. The Kier molecular flexibility index (Phi) is 5.70. The fraction of sp³-hybridized carbons (Fsp3) is 0.600. The third-order valence-corrected chi connectivity index (χ3v) is 4.55. The maximum absolute atomic E-state index is 12.4. The van der Waals surface area contributed by atoms with E-state index in [1.54, 1.807) is 19.2 Å². The molecule has 0 spiro atoms. The highest BCUT2D eigenvalue weighted by atomic mass is 32.1. The molecule has 1 atom stereocenters. The number of anilines is 1. The van der Waals surface area contributed by atoms with Crippen LogP contribution < -0.4 is 5.32 Å². The molecule has 2 N–H and O–H groups in total. The van der Waals surface area contributed by atoms with Gasteiger partial charge in [-0.05, 0) is 19.3 Å². The van der Waals surface area contributed by atoms with Crippen molar-refractivity contribution in [3.63, 3.8) is 0 Å². The number of piperidine rings is 1. The van der Waals surface area contributed by atoms with Crippen LogP contribution in [0, 0.1) is 5.92 Å². The molecule has 23 heavy (non-hydrogen) atoms. The SMILES string of the molecule is CC(C)C(=O)Nc1nc(CC(=O)N2CCCCC2C(=O)O)cs1. The van der Waals surface area contributed by atoms with Crippen molar-refractivity contribution in [2.75, 3.05) is 11.9 Å². The molecule has 7 nitrogen and oxygen atoms in total. The Morgan fingerprint density at radius 1 is 1.43 bits per heavy atom. The Bertz CT molecular complexity index is 599. The van der Waals surface area contributed by atoms with Crippen molar-refractivity contribution < 1.29 is 19.5 Å². The summed E-state index contributed by atoms with van der Waals surface area (Å²) < 4.78 is 0. The highest BCUT2D eigenvalue weighted by Crippen LogP contribution is 2.21. The Morgan fingerprint density at radius 3 is 2.83 bits per heavy atom. The molecule has 2 heterocycles. The zero-order chi connectivity index (χ0) is 17.0. The molecule has 0 aliphatic carbocycles. The van der Waals surface area contributed by atoms with Gasteiger partial charge in [0, 0.05) is 17.8 Å². The molecule has 0 saturated carbocycles. The van der Waals surface area contributed by atoms with Gasteiger partial charge in [0.05, 0.1) is 12.1 Å². The first kappa shape index (κ1) is 17.4. The molecule has 2 rings (SSSR count). The molecule has 8 heteroatoms. The number of aliphatic carboxylic acids is 1. The number of likely N-dealkylation sites (tertiary alicyclic amines) is 1. The van der Waals surface area contributed by atoms with Crippen LogP contribution in [-0.4, -0.2) is 45.4 Å². The van der Waals surface area contributed by atoms with Crippen LogP contribution >= 0.6 is 11.3 Å². The van der Waals surface area contributed by atoms with Crippen LogP contribution in [0.5, 0.6) is 0 Å². The van der Waals surface area contributed by atoms with Gasteiger partial charge in [0.1, 0.15) is 6.04 Å². The van der Waals surface area contributed by atoms with Crippen LogP contribution in [0.15, 0.2) is 5.38 Å². The molecular weight excluding hydrogens is 318 g/mol. The predicted molar refractivity (Wildman–Crippen MR) is 86.3 cm³/mol. The summed E-state index contributed by atoms with van der Waals surface area (Å²) in [5, 5.41) is 14.1. The number of carboxylic acids is 1. The first-order chi connectivity index (χ1) is 10.9. The lowest BCUT2D eigenvalue weighted by atomic mass is 10.0. The lowest BCUT2D eigenvalue weighted by Gasteiger charge is -2.32. The molecule has 126 valence electrons. The quantitative estimate of drug-likeness (QED) is 0.851. The number of aromatic nitrogens is 1. The van der Waals surface area contributed by atoms with Crippen molar-refractivity contribution in [3.05, 3.63) is 11.1 Å². The van der Waals surface area contributed by atoms with Crippen LogP contribution in [0.25, 0.3) is 0 Å². The first-order valence-corrected chi connectivity index (χ1v) is 8.54. The summed E-state index contributed by atoms with van der Waals surface area (Å²) >= 11 is 1.26. The van der Waals surface area contributed by atoms with Crippen molar-refractivity contribution in [2.45, 2.75) is 45.6 Å². The van der Waals surface area contributed by atoms with Crippen LogP contribution in [0.4, 0.5) is 5.13 Å². The van der Waals surface area contributed by atoms with Crippen LogP contribution in [-0.2, 0) is 20.8 Å². The van der Waals surface area contributed by atoms with Gasteiger partial charge in [0.15, 0.2) is 5.13 Å². The normalized spacial score (nSPS) is 18.0. The molecule has 1 saturated heterocycles. The number of thiazole rings is 1. The van der Waals surface area contributed by atoms with Gasteiger partial charge in [-0.15, -0.1) is 11.3 Å². The number of hydrogen-bond donors (Lipinski definition) is 2. The van der Waals surface area contributed by atoms with Crippen LogP contribution in [0.3, 0.4) is 0 Å². The number of nitrogens with zero attached hydrogens (tertiary/aromatic N) is 2. The number of carbonyl (C=O) groups excluding carboxylic acids is 2. The van der Waals surface area contributed by atoms with E-state index in [-0.39, 0.29) is 24.2 Å². The second-order valence-corrected chi connectivity index (χ2v) is 6.76. The standard InChI is InChI=1S/C15H21N3O4S/c1-9(2)13(20)17-15-16-10(8-23-15)7-12(19)18-6-4-3-5-11(18)14(21)22/h8-9,11H,3-7H2,1-2H3,(H,21,22)(H,16,17,20). The number of carboxylic acid groups (broad SMARTS) is 1. The van der Waals surface area contributed by atoms with E-state index in [9.17, 15) is 19.5 Å². The summed E-state index contributed by atoms with van der Waals surface area (Å²) in [5.74, 6) is -1.46. The molecule has 0 radical (unpaired) electrons. The molecule has 0 bridgehead atoms. The van der Waals surface area contributed by atoms with Crippen molar-refractivity contribution in [1.82, 2.24) is 9.88 Å². The number of carbonyl (C=O) groups is 3. The number of nitrogens with one attached hydrogen (secondary N) is 1. The highest BCUT2D eigenvalue weighted by molar-refractivity contribution is 7.13. The van der Waals surface area contributed by atoms with Gasteiger partial charge in [0.25, 0.3) is 0 Å². The van der Waals surface area contributed by atoms with E-state index in [2.05, 4.69) is 10.3 Å². The minimum absolute atomic E-state index is 0.0534. The molecule has 1 fully saturated rings. The summed E-state index contributed by atoms with van der Waals surface area (Å²) in [6, 6.07) is -0.741. The van der Waals surface area contributed by atoms with Gasteiger partial charge in [-0.1, -0.05) is 13.8 Å². The van der Waals surface area contributed by atoms with Crippen molar-refractivity contribution in [3.8, 4) is 0 Å². The zero-order valence-electron chi connectivity index (χ0n) is 13.2. The monoisotopic (exact) mass is 339 g/mol. The minimum atomic E-state index is -0.957. The lowest BCUT2D eigenvalue weighted by Crippen LogP contribution is -2.48. The van der Waals surface area contributed by atoms with E-state index < -0.39 is 12.0 Å². The van der Waals surface area contributed by atoms with Gasteiger partial charge >= 0.3 is 5.97 Å². The fourth-order valence-electron chi connectivity index (χ4n) is 2.44. The molecule has 1 aliphatic rings. The maximum Gasteiger partial charge on any atom is 0.326 e. The number of hydrogen-bond acceptors (Lipinski definition) is 5.